The molecule has 1 aromatic carbocycles. The second-order valence-electron chi connectivity index (χ2n) is 2.51. The van der Waals surface area contributed by atoms with Crippen molar-refractivity contribution in [3.8, 4) is 11.5 Å². The van der Waals surface area contributed by atoms with Gasteiger partial charge < -0.3 is 0 Å². The second kappa shape index (κ2) is 4.24. The van der Waals surface area contributed by atoms with Crippen LogP contribution in [0.25, 0.3) is 0 Å². The van der Waals surface area contributed by atoms with E-state index in [4.69, 9.17) is 10.5 Å². The van der Waals surface area contributed by atoms with Crippen molar-refractivity contribution in [2.45, 2.75) is 11.1 Å². The summed E-state index contributed by atoms with van der Waals surface area (Å²) in [5.41, 5.74) is -1.45. The van der Waals surface area contributed by atoms with E-state index in [1.807, 2.05) is 0 Å². The highest BCUT2D eigenvalue weighted by molar-refractivity contribution is 8.03. The van der Waals surface area contributed by atoms with Gasteiger partial charge in [0.15, 0.2) is 0 Å². The Kier molecular flexibility index (Phi) is 3.23. The molecule has 0 amide bonds. The molecule has 2 nitrogen and oxygen atoms in total. The average molecular weight is 228 g/mol. The minimum Gasteiger partial charge on any atom is -0.192 e. The van der Waals surface area contributed by atoms with Gasteiger partial charge in [-0.3, -0.25) is 0 Å². The maximum atomic E-state index is 12.4. The predicted octanol–water partition coefficient (Wildman–Crippen LogP) is 3.15. The lowest BCUT2D eigenvalue weighted by Gasteiger charge is -2.08. The fraction of sp³-hybridized carbons (Fsp3) is 0.111. The van der Waals surface area contributed by atoms with Gasteiger partial charge in [-0.15, -0.1) is 0 Å². The highest BCUT2D eigenvalue weighted by Gasteiger charge is 2.33. The van der Waals surface area contributed by atoms with Gasteiger partial charge >= 0.3 is 6.18 Å². The van der Waals surface area contributed by atoms with Gasteiger partial charge in [0, 0.05) is 4.90 Å². The number of halogens is 3. The van der Waals surface area contributed by atoms with Crippen LogP contribution in [0.2, 0.25) is 0 Å². The minimum atomic E-state index is -4.57. The zero-order valence-electron chi connectivity index (χ0n) is 7.17. The van der Waals surface area contributed by atoms with Crippen molar-refractivity contribution < 1.29 is 13.2 Å². The van der Waals surface area contributed by atoms with E-state index in [9.17, 15) is 13.2 Å². The average Bonchev–Trinajstić information content (AvgIpc) is 2.17. The molecule has 0 radical (unpaired) electrons. The van der Waals surface area contributed by atoms with Crippen LogP contribution in [0, 0.1) is 22.0 Å². The third-order valence-electron chi connectivity index (χ3n) is 1.58. The molecule has 0 aliphatic rings. The van der Waals surface area contributed by atoms with E-state index in [-0.39, 0.29) is 4.90 Å². The molecular formula is C9H3F3N2S. The number of thioether (sulfide) groups is 1. The zero-order valence-corrected chi connectivity index (χ0v) is 7.99. The monoisotopic (exact) mass is 228 g/mol. The molecule has 0 spiro atoms. The maximum absolute atomic E-state index is 12.4. The Morgan fingerprint density at radius 3 is 2.33 bits per heavy atom. The lowest BCUT2D eigenvalue weighted by atomic mass is 10.1. The second-order valence-corrected chi connectivity index (χ2v) is 3.37. The van der Waals surface area contributed by atoms with E-state index in [0.29, 0.717) is 11.8 Å². The van der Waals surface area contributed by atoms with Crippen molar-refractivity contribution in [3.05, 3.63) is 29.3 Å². The lowest BCUT2D eigenvalue weighted by Crippen LogP contribution is -2.07. The standard InChI is InChI=1S/C9H3F3N2S/c10-9(11,12)8-3-7(15-5-14)2-1-6(8)4-13/h1-3H. The van der Waals surface area contributed by atoms with Gasteiger partial charge in [-0.2, -0.15) is 23.7 Å². The summed E-state index contributed by atoms with van der Waals surface area (Å²) in [5, 5.41) is 18.5. The van der Waals surface area contributed by atoms with Crippen molar-refractivity contribution in [2.75, 3.05) is 0 Å². The van der Waals surface area contributed by atoms with Crippen molar-refractivity contribution >= 4 is 11.8 Å². The molecule has 76 valence electrons. The molecule has 0 saturated carbocycles. The van der Waals surface area contributed by atoms with Crippen molar-refractivity contribution in [3.63, 3.8) is 0 Å². The number of hydrogen-bond acceptors (Lipinski definition) is 3. The van der Waals surface area contributed by atoms with E-state index in [2.05, 4.69) is 0 Å². The molecule has 0 atom stereocenters. The Morgan fingerprint density at radius 2 is 1.87 bits per heavy atom. The summed E-state index contributed by atoms with van der Waals surface area (Å²) in [7, 11) is 0. The summed E-state index contributed by atoms with van der Waals surface area (Å²) in [4.78, 5) is 0.170. The number of hydrogen-bond donors (Lipinski definition) is 0. The zero-order chi connectivity index (χ0) is 11.5. The first-order valence-electron chi connectivity index (χ1n) is 3.66. The molecule has 1 rings (SSSR count). The highest BCUT2D eigenvalue weighted by atomic mass is 32.2. The molecule has 1 aromatic rings. The fourth-order valence-electron chi connectivity index (χ4n) is 0.972. The molecule has 0 aromatic heterocycles. The van der Waals surface area contributed by atoms with Crippen LogP contribution >= 0.6 is 11.8 Å². The Balaban J connectivity index is 3.29. The van der Waals surface area contributed by atoms with Gasteiger partial charge in [0.2, 0.25) is 0 Å². The number of thiocyanates is 1. The molecule has 0 bridgehead atoms. The predicted molar refractivity (Wildman–Crippen MR) is 47.6 cm³/mol. The van der Waals surface area contributed by atoms with Gasteiger partial charge in [-0.1, -0.05) is 0 Å². The number of nitrogens with zero attached hydrogens (tertiary/aromatic N) is 2. The van der Waals surface area contributed by atoms with E-state index >= 15 is 0 Å². The minimum absolute atomic E-state index is 0.170. The van der Waals surface area contributed by atoms with Crippen molar-refractivity contribution in [1.29, 1.82) is 10.5 Å². The van der Waals surface area contributed by atoms with Crippen LogP contribution in [0.4, 0.5) is 13.2 Å². The first-order chi connectivity index (χ1) is 6.99. The van der Waals surface area contributed by atoms with Crippen LogP contribution < -0.4 is 0 Å². The summed E-state index contributed by atoms with van der Waals surface area (Å²) < 4.78 is 37.2. The molecule has 6 heteroatoms. The molecule has 0 saturated heterocycles. The van der Waals surface area contributed by atoms with Crippen LogP contribution in [0.5, 0.6) is 0 Å². The lowest BCUT2D eigenvalue weighted by molar-refractivity contribution is -0.137. The molecule has 0 N–H and O–H groups in total. The molecule has 0 fully saturated rings. The highest BCUT2D eigenvalue weighted by Crippen LogP contribution is 2.34. The van der Waals surface area contributed by atoms with Crippen molar-refractivity contribution in [1.82, 2.24) is 0 Å². The summed E-state index contributed by atoms with van der Waals surface area (Å²) in [6.07, 6.45) is -4.57. The SMILES string of the molecule is N#CSc1ccc(C#N)c(C(F)(F)F)c1. The fourth-order valence-corrected chi connectivity index (χ4v) is 1.39. The summed E-state index contributed by atoms with van der Waals surface area (Å²) in [5.74, 6) is 0. The van der Waals surface area contributed by atoms with Gasteiger partial charge in [0.25, 0.3) is 0 Å². The maximum Gasteiger partial charge on any atom is 0.417 e. The van der Waals surface area contributed by atoms with Gasteiger partial charge in [-0.25, -0.2) is 0 Å². The summed E-state index contributed by atoms with van der Waals surface area (Å²) >= 11 is 0.621. The van der Waals surface area contributed by atoms with E-state index in [1.54, 1.807) is 5.40 Å². The van der Waals surface area contributed by atoms with Crippen LogP contribution in [0.1, 0.15) is 11.1 Å². The smallest absolute Gasteiger partial charge is 0.192 e. The number of benzene rings is 1. The van der Waals surface area contributed by atoms with Gasteiger partial charge in [0.05, 0.1) is 17.2 Å². The van der Waals surface area contributed by atoms with E-state index < -0.39 is 17.3 Å². The Bertz CT molecular complexity index is 454. The molecule has 0 aliphatic heterocycles. The first-order valence-corrected chi connectivity index (χ1v) is 4.48. The molecular weight excluding hydrogens is 225 g/mol. The first kappa shape index (κ1) is 11.4. The quantitative estimate of drug-likeness (QED) is 0.548. The number of nitriles is 2. The molecule has 0 aliphatic carbocycles. The number of alkyl halides is 3. The third kappa shape index (κ3) is 2.64. The van der Waals surface area contributed by atoms with Gasteiger partial charge in [-0.05, 0) is 30.0 Å². The largest absolute Gasteiger partial charge is 0.417 e. The van der Waals surface area contributed by atoms with Crippen LogP contribution in [-0.2, 0) is 6.18 Å². The van der Waals surface area contributed by atoms with Crippen LogP contribution in [0.3, 0.4) is 0 Å². The normalized spacial score (nSPS) is 10.5. The molecule has 0 unspecified atom stereocenters. The Labute approximate surface area is 87.9 Å². The molecule has 15 heavy (non-hydrogen) atoms. The Morgan fingerprint density at radius 1 is 1.20 bits per heavy atom. The van der Waals surface area contributed by atoms with Crippen LogP contribution in [-0.4, -0.2) is 0 Å². The van der Waals surface area contributed by atoms with Crippen LogP contribution in [0.15, 0.2) is 23.1 Å². The third-order valence-corrected chi connectivity index (χ3v) is 2.16. The van der Waals surface area contributed by atoms with Crippen molar-refractivity contribution in [2.24, 2.45) is 0 Å². The van der Waals surface area contributed by atoms with Gasteiger partial charge in [0.1, 0.15) is 5.40 Å². The van der Waals surface area contributed by atoms with E-state index in [0.717, 1.165) is 12.1 Å². The Hall–Kier alpha value is -1.66. The summed E-state index contributed by atoms with van der Waals surface area (Å²) in [6.45, 7) is 0. The number of rotatable bonds is 1. The van der Waals surface area contributed by atoms with E-state index in [1.165, 1.54) is 12.1 Å². The summed E-state index contributed by atoms with van der Waals surface area (Å²) in [6, 6.07) is 4.62. The molecule has 0 heterocycles. The topological polar surface area (TPSA) is 47.6 Å².